The van der Waals surface area contributed by atoms with E-state index in [1.54, 1.807) is 11.8 Å². The molecule has 0 aromatic heterocycles. The van der Waals surface area contributed by atoms with Crippen LogP contribution in [0.1, 0.15) is 67.7 Å². The summed E-state index contributed by atoms with van der Waals surface area (Å²) in [5.74, 6) is 2.28. The van der Waals surface area contributed by atoms with Gasteiger partial charge in [-0.05, 0) is 62.0 Å². The van der Waals surface area contributed by atoms with Gasteiger partial charge in [-0.1, -0.05) is 65.0 Å². The van der Waals surface area contributed by atoms with E-state index in [0.717, 1.165) is 22.2 Å². The molecular weight excluding hydrogens is 411 g/mol. The first kappa shape index (κ1) is 27.6. The van der Waals surface area contributed by atoms with E-state index in [-0.39, 0.29) is 11.3 Å². The van der Waals surface area contributed by atoms with Crippen LogP contribution in [0, 0.1) is 10.8 Å². The smallest absolute Gasteiger partial charge is 0.236 e. The van der Waals surface area contributed by atoms with Gasteiger partial charge in [0.2, 0.25) is 5.91 Å². The number of rotatable bonds is 11. The monoisotopic (exact) mass is 453 g/mol. The normalized spacial score (nSPS) is 14.1. The number of hydrogen-bond donors (Lipinski definition) is 1. The molecule has 1 amide bonds. The Hall–Kier alpha value is 0.610. The molecule has 0 fully saturated rings. The molecule has 6 heteroatoms. The van der Waals surface area contributed by atoms with Gasteiger partial charge in [0.05, 0.1) is 4.75 Å². The summed E-state index contributed by atoms with van der Waals surface area (Å²) in [5, 5.41) is 3.10. The molecule has 0 aromatic rings. The highest BCUT2D eigenvalue weighted by Crippen LogP contribution is 2.40. The van der Waals surface area contributed by atoms with Gasteiger partial charge in [0.15, 0.2) is 0 Å². The van der Waals surface area contributed by atoms with Crippen LogP contribution in [0.15, 0.2) is 0 Å². The fourth-order valence-electron chi connectivity index (χ4n) is 2.93. The average molecular weight is 454 g/mol. The van der Waals surface area contributed by atoms with Gasteiger partial charge in [0.25, 0.3) is 0 Å². The first-order chi connectivity index (χ1) is 12.0. The van der Waals surface area contributed by atoms with E-state index in [9.17, 15) is 4.79 Å². The van der Waals surface area contributed by atoms with Crippen LogP contribution >= 0.6 is 45.8 Å². The van der Waals surface area contributed by atoms with Gasteiger partial charge >= 0.3 is 0 Å². The van der Waals surface area contributed by atoms with E-state index >= 15 is 0 Å². The minimum absolute atomic E-state index is 0.0886. The van der Waals surface area contributed by atoms with Gasteiger partial charge < -0.3 is 5.32 Å². The molecule has 2 nitrogen and oxygen atoms in total. The molecule has 0 aliphatic rings. The number of carbonyl (C=O) groups excluding carboxylic acids is 1. The number of thioether (sulfide) groups is 2. The van der Waals surface area contributed by atoms with Crippen LogP contribution in [-0.4, -0.2) is 51.0 Å². The van der Waals surface area contributed by atoms with Crippen LogP contribution in [0.25, 0.3) is 0 Å². The molecule has 0 rings (SSSR count). The Kier molecular flexibility index (Phi) is 11.4. The van der Waals surface area contributed by atoms with E-state index in [1.807, 2.05) is 13.8 Å². The molecule has 1 N–H and O–H groups in total. The molecule has 0 aliphatic heterocycles. The zero-order chi connectivity index (χ0) is 21.5. The average Bonchev–Trinajstić information content (AvgIpc) is 2.47. The van der Waals surface area contributed by atoms with Crippen molar-refractivity contribution in [3.05, 3.63) is 0 Å². The maximum Gasteiger partial charge on any atom is 0.236 e. The van der Waals surface area contributed by atoms with Crippen LogP contribution in [0.4, 0.5) is 0 Å². The van der Waals surface area contributed by atoms with Crippen LogP contribution in [0.5, 0.6) is 0 Å². The highest BCUT2D eigenvalue weighted by Gasteiger charge is 2.32. The highest BCUT2D eigenvalue weighted by molar-refractivity contribution is 8.47. The predicted octanol–water partition coefficient (Wildman–Crippen LogP) is 6.57. The minimum Gasteiger partial charge on any atom is -0.355 e. The SMILES string of the molecule is CCC(C)(C)CC(C)(C)CSC(=S)SC(C)(C)C(=O)NCCCS(C)(C)C. The Morgan fingerprint density at radius 1 is 1.04 bits per heavy atom. The molecule has 0 radical (unpaired) electrons. The third-order valence-electron chi connectivity index (χ3n) is 4.60. The lowest BCUT2D eigenvalue weighted by molar-refractivity contribution is -0.122. The Bertz CT molecular complexity index is 493. The van der Waals surface area contributed by atoms with Crippen molar-refractivity contribution in [3.63, 3.8) is 0 Å². The lowest BCUT2D eigenvalue weighted by Crippen LogP contribution is -2.41. The van der Waals surface area contributed by atoms with E-state index in [0.29, 0.717) is 5.41 Å². The molecule has 0 heterocycles. The Labute approximate surface area is 184 Å². The summed E-state index contributed by atoms with van der Waals surface area (Å²) in [7, 11) is -0.494. The van der Waals surface area contributed by atoms with Crippen LogP contribution in [-0.2, 0) is 4.79 Å². The van der Waals surface area contributed by atoms with Crippen LogP contribution in [0.3, 0.4) is 0 Å². The van der Waals surface area contributed by atoms with Crippen molar-refractivity contribution < 1.29 is 4.79 Å². The number of thiocarbonyl (C=S) groups is 1. The van der Waals surface area contributed by atoms with Crippen molar-refractivity contribution in [2.75, 3.05) is 36.8 Å². The fourth-order valence-corrected chi connectivity index (χ4v) is 6.97. The first-order valence-corrected chi connectivity index (χ1v) is 15.0. The molecule has 0 bridgehead atoms. The fraction of sp³-hybridized carbons (Fsp3) is 0.905. The van der Waals surface area contributed by atoms with Crippen molar-refractivity contribution in [2.45, 2.75) is 72.5 Å². The summed E-state index contributed by atoms with van der Waals surface area (Å²) in [6.07, 6.45) is 10.3. The lowest BCUT2D eigenvalue weighted by atomic mass is 9.75. The molecule has 0 aromatic carbocycles. The zero-order valence-corrected chi connectivity index (χ0v) is 22.5. The van der Waals surface area contributed by atoms with E-state index in [2.05, 4.69) is 58.7 Å². The van der Waals surface area contributed by atoms with Gasteiger partial charge in [-0.3, -0.25) is 4.79 Å². The topological polar surface area (TPSA) is 29.1 Å². The van der Waals surface area contributed by atoms with Crippen molar-refractivity contribution in [1.29, 1.82) is 0 Å². The predicted molar refractivity (Wildman–Crippen MR) is 137 cm³/mol. The van der Waals surface area contributed by atoms with Gasteiger partial charge in [0.1, 0.15) is 3.53 Å². The molecule has 0 saturated heterocycles. The molecular formula is C21H43NOS4. The summed E-state index contributed by atoms with van der Waals surface area (Å²) < 4.78 is 0.350. The number of carbonyl (C=O) groups is 1. The Morgan fingerprint density at radius 2 is 1.59 bits per heavy atom. The second-order valence-corrected chi connectivity index (χ2v) is 18.8. The summed E-state index contributed by atoms with van der Waals surface area (Å²) in [4.78, 5) is 12.6. The van der Waals surface area contributed by atoms with Crippen LogP contribution < -0.4 is 5.32 Å². The summed E-state index contributed by atoms with van der Waals surface area (Å²) in [5.41, 5.74) is 0.587. The van der Waals surface area contributed by atoms with Crippen molar-refractivity contribution in [2.24, 2.45) is 10.8 Å². The van der Waals surface area contributed by atoms with Crippen molar-refractivity contribution >= 4 is 55.2 Å². The second kappa shape index (κ2) is 11.1. The van der Waals surface area contributed by atoms with E-state index in [4.69, 9.17) is 12.2 Å². The second-order valence-electron chi connectivity index (χ2n) is 10.4. The van der Waals surface area contributed by atoms with Crippen molar-refractivity contribution in [1.82, 2.24) is 5.32 Å². The van der Waals surface area contributed by atoms with Crippen LogP contribution in [0.2, 0.25) is 0 Å². The standard InChI is InChI=1S/C21H43NOS4/c1-11-19(2,3)15-20(4,5)16-25-18(24)26-21(6,7)17(23)22-13-12-14-27(8,9)10/h11-16H2,1-10H3,(H,22,23). The van der Waals surface area contributed by atoms with E-state index in [1.165, 1.54) is 30.4 Å². The molecule has 0 atom stereocenters. The minimum atomic E-state index is -0.522. The van der Waals surface area contributed by atoms with Crippen molar-refractivity contribution in [3.8, 4) is 0 Å². The zero-order valence-electron chi connectivity index (χ0n) is 19.3. The summed E-state index contributed by atoms with van der Waals surface area (Å²) in [6.45, 7) is 16.3. The maximum atomic E-state index is 12.6. The van der Waals surface area contributed by atoms with Gasteiger partial charge in [0, 0.05) is 12.3 Å². The molecule has 0 unspecified atom stereocenters. The van der Waals surface area contributed by atoms with E-state index < -0.39 is 14.8 Å². The van der Waals surface area contributed by atoms with Gasteiger partial charge in [-0.2, -0.15) is 0 Å². The largest absolute Gasteiger partial charge is 0.355 e. The number of nitrogens with one attached hydrogen (secondary N) is 1. The molecule has 27 heavy (non-hydrogen) atoms. The Morgan fingerprint density at radius 3 is 2.07 bits per heavy atom. The highest BCUT2D eigenvalue weighted by atomic mass is 32.3. The quantitative estimate of drug-likeness (QED) is 0.283. The first-order valence-electron chi connectivity index (χ1n) is 9.80. The maximum absolute atomic E-state index is 12.6. The third kappa shape index (κ3) is 13.5. The lowest BCUT2D eigenvalue weighted by Gasteiger charge is -2.34. The molecule has 162 valence electrons. The summed E-state index contributed by atoms with van der Waals surface area (Å²) >= 11 is 8.85. The molecule has 0 spiro atoms. The van der Waals surface area contributed by atoms with Gasteiger partial charge in [-0.15, -0.1) is 11.8 Å². The summed E-state index contributed by atoms with van der Waals surface area (Å²) in [6, 6.07) is 0. The molecule has 0 aliphatic carbocycles. The third-order valence-corrected chi connectivity index (χ3v) is 9.34. The number of amides is 1. The van der Waals surface area contributed by atoms with Gasteiger partial charge in [-0.25, -0.2) is 10.0 Å². The molecule has 0 saturated carbocycles. The Balaban J connectivity index is 4.43. The number of hydrogen-bond acceptors (Lipinski definition) is 4.